The number of ketones is 1. The van der Waals surface area contributed by atoms with Gasteiger partial charge in [0.1, 0.15) is 17.6 Å². The molecule has 22 heavy (non-hydrogen) atoms. The van der Waals surface area contributed by atoms with Gasteiger partial charge in [0.05, 0.1) is 19.6 Å². The van der Waals surface area contributed by atoms with Crippen molar-refractivity contribution in [3.05, 3.63) is 24.3 Å². The predicted molar refractivity (Wildman–Crippen MR) is 87.5 cm³/mol. The Hall–Kier alpha value is -1.69. The summed E-state index contributed by atoms with van der Waals surface area (Å²) in [4.78, 5) is 24.4. The number of rotatable bonds is 6. The highest BCUT2D eigenvalue weighted by Crippen LogP contribution is 2.26. The van der Waals surface area contributed by atoms with Crippen molar-refractivity contribution in [3.63, 3.8) is 0 Å². The summed E-state index contributed by atoms with van der Waals surface area (Å²) in [6, 6.07) is 6.62. The molecule has 1 aliphatic rings. The number of ether oxygens (including phenoxy) is 2. The number of anilines is 1. The van der Waals surface area contributed by atoms with Crippen molar-refractivity contribution in [3.8, 4) is 5.75 Å². The van der Waals surface area contributed by atoms with Crippen LogP contribution in [0.1, 0.15) is 13.3 Å². The number of benzene rings is 1. The molecule has 1 aromatic rings. The highest BCUT2D eigenvalue weighted by Gasteiger charge is 2.36. The molecule has 0 amide bonds. The fraction of sp³-hybridized carbons (Fsp3) is 0.500. The van der Waals surface area contributed by atoms with Gasteiger partial charge in [0.15, 0.2) is 0 Å². The fourth-order valence-corrected chi connectivity index (χ4v) is 3.51. The van der Waals surface area contributed by atoms with Crippen LogP contribution >= 0.6 is 11.8 Å². The summed E-state index contributed by atoms with van der Waals surface area (Å²) in [7, 11) is 1.60. The monoisotopic (exact) mass is 323 g/mol. The second-order valence-corrected chi connectivity index (χ2v) is 6.15. The molecule has 0 saturated carbocycles. The molecular weight excluding hydrogens is 302 g/mol. The maximum absolute atomic E-state index is 12.2. The summed E-state index contributed by atoms with van der Waals surface area (Å²) in [5.41, 5.74) is 0.766. The molecule has 0 spiro atoms. The van der Waals surface area contributed by atoms with Crippen LogP contribution in [-0.2, 0) is 14.3 Å². The van der Waals surface area contributed by atoms with Gasteiger partial charge in [-0.2, -0.15) is 11.8 Å². The van der Waals surface area contributed by atoms with Crippen LogP contribution in [0.25, 0.3) is 0 Å². The maximum atomic E-state index is 12.2. The van der Waals surface area contributed by atoms with Crippen molar-refractivity contribution in [2.75, 3.05) is 30.5 Å². The minimum absolute atomic E-state index is 0.123. The van der Waals surface area contributed by atoms with Crippen LogP contribution in [0.4, 0.5) is 5.69 Å². The third-order valence-electron chi connectivity index (χ3n) is 3.56. The zero-order valence-corrected chi connectivity index (χ0v) is 13.7. The Labute approximate surface area is 134 Å². The van der Waals surface area contributed by atoms with Gasteiger partial charge in [0, 0.05) is 23.6 Å². The van der Waals surface area contributed by atoms with E-state index in [9.17, 15) is 9.59 Å². The van der Waals surface area contributed by atoms with Crippen LogP contribution in [0.15, 0.2) is 24.3 Å². The molecule has 0 radical (unpaired) electrons. The van der Waals surface area contributed by atoms with E-state index in [1.165, 1.54) is 0 Å². The molecule has 6 heteroatoms. The van der Waals surface area contributed by atoms with Crippen LogP contribution in [0.2, 0.25) is 0 Å². The smallest absolute Gasteiger partial charge is 0.329 e. The zero-order chi connectivity index (χ0) is 15.9. The number of carbonyl (C=O) groups is 2. The van der Waals surface area contributed by atoms with E-state index in [4.69, 9.17) is 9.47 Å². The quantitative estimate of drug-likeness (QED) is 0.811. The van der Waals surface area contributed by atoms with E-state index in [1.54, 1.807) is 25.8 Å². The van der Waals surface area contributed by atoms with Crippen molar-refractivity contribution in [1.29, 1.82) is 0 Å². The number of nitrogens with one attached hydrogen (secondary N) is 1. The third kappa shape index (κ3) is 4.16. The summed E-state index contributed by atoms with van der Waals surface area (Å²) < 4.78 is 10.3. The molecule has 120 valence electrons. The Kier molecular flexibility index (Phi) is 6.12. The van der Waals surface area contributed by atoms with Crippen molar-refractivity contribution >= 4 is 29.2 Å². The third-order valence-corrected chi connectivity index (χ3v) is 4.65. The molecule has 5 nitrogen and oxygen atoms in total. The summed E-state index contributed by atoms with van der Waals surface area (Å²) >= 11 is 1.70. The average Bonchev–Trinajstić information content (AvgIpc) is 2.54. The molecule has 2 rings (SSSR count). The predicted octanol–water partition coefficient (Wildman–Crippen LogP) is 2.36. The molecule has 1 saturated heterocycles. The maximum Gasteiger partial charge on any atom is 0.329 e. The number of carbonyl (C=O) groups excluding carboxylic acids is 2. The number of thioether (sulfide) groups is 1. The number of hydrogen-bond donors (Lipinski definition) is 1. The number of hydrogen-bond acceptors (Lipinski definition) is 6. The topological polar surface area (TPSA) is 64.6 Å². The van der Waals surface area contributed by atoms with E-state index in [2.05, 4.69) is 5.32 Å². The minimum Gasteiger partial charge on any atom is -0.497 e. The van der Waals surface area contributed by atoms with Gasteiger partial charge in [-0.25, -0.2) is 4.79 Å². The summed E-state index contributed by atoms with van der Waals surface area (Å²) in [5.74, 6) is 1.61. The van der Waals surface area contributed by atoms with E-state index >= 15 is 0 Å². The Morgan fingerprint density at radius 3 is 2.73 bits per heavy atom. The van der Waals surface area contributed by atoms with Gasteiger partial charge in [0.25, 0.3) is 0 Å². The van der Waals surface area contributed by atoms with E-state index in [0.717, 1.165) is 17.2 Å². The zero-order valence-electron chi connectivity index (χ0n) is 12.8. The van der Waals surface area contributed by atoms with Gasteiger partial charge < -0.3 is 14.8 Å². The van der Waals surface area contributed by atoms with Crippen molar-refractivity contribution in [1.82, 2.24) is 0 Å². The summed E-state index contributed by atoms with van der Waals surface area (Å²) in [5, 5.41) is 3.15. The van der Waals surface area contributed by atoms with E-state index in [-0.39, 0.29) is 17.7 Å². The SMILES string of the molecule is CCOC(=O)[C@@H](Nc1ccc(OC)cc1)[C@H]1CSCCC1=O. The highest BCUT2D eigenvalue weighted by atomic mass is 32.2. The van der Waals surface area contributed by atoms with Gasteiger partial charge in [-0.1, -0.05) is 0 Å². The number of esters is 1. The van der Waals surface area contributed by atoms with E-state index < -0.39 is 6.04 Å². The largest absolute Gasteiger partial charge is 0.497 e. The molecule has 2 atom stereocenters. The molecule has 0 bridgehead atoms. The number of methoxy groups -OCH3 is 1. The molecule has 1 heterocycles. The highest BCUT2D eigenvalue weighted by molar-refractivity contribution is 7.99. The lowest BCUT2D eigenvalue weighted by atomic mass is 9.94. The normalized spacial score (nSPS) is 19.4. The van der Waals surface area contributed by atoms with Crippen LogP contribution in [-0.4, -0.2) is 43.0 Å². The van der Waals surface area contributed by atoms with Crippen LogP contribution in [0.5, 0.6) is 5.75 Å². The lowest BCUT2D eigenvalue weighted by Crippen LogP contribution is -2.44. The van der Waals surface area contributed by atoms with Gasteiger partial charge in [-0.15, -0.1) is 0 Å². The first-order chi connectivity index (χ1) is 10.7. The molecule has 0 aliphatic carbocycles. The fourth-order valence-electron chi connectivity index (χ4n) is 2.37. The number of Topliss-reactive ketones (excluding diaryl/α,β-unsaturated/α-hetero) is 1. The van der Waals surface area contributed by atoms with E-state index in [1.807, 2.05) is 24.3 Å². The van der Waals surface area contributed by atoms with Gasteiger partial charge in [0.2, 0.25) is 0 Å². The lowest BCUT2D eigenvalue weighted by Gasteiger charge is -2.28. The van der Waals surface area contributed by atoms with Crippen LogP contribution < -0.4 is 10.1 Å². The molecule has 1 aromatic carbocycles. The Morgan fingerprint density at radius 1 is 1.41 bits per heavy atom. The average molecular weight is 323 g/mol. The van der Waals surface area contributed by atoms with Crippen LogP contribution in [0, 0.1) is 5.92 Å². The van der Waals surface area contributed by atoms with Crippen LogP contribution in [0.3, 0.4) is 0 Å². The first-order valence-corrected chi connectivity index (χ1v) is 8.49. The molecule has 1 fully saturated rings. The molecule has 1 aliphatic heterocycles. The van der Waals surface area contributed by atoms with Crippen molar-refractivity contribution < 1.29 is 19.1 Å². The Bertz CT molecular complexity index is 517. The molecular formula is C16H21NO4S. The first kappa shape index (κ1) is 16.7. The summed E-state index contributed by atoms with van der Waals surface area (Å²) in [6.45, 7) is 2.06. The second kappa shape index (κ2) is 8.08. The second-order valence-electron chi connectivity index (χ2n) is 5.00. The minimum atomic E-state index is -0.645. The van der Waals surface area contributed by atoms with E-state index in [0.29, 0.717) is 18.8 Å². The summed E-state index contributed by atoms with van der Waals surface area (Å²) in [6.07, 6.45) is 0.509. The Balaban J connectivity index is 2.15. The van der Waals surface area contributed by atoms with Crippen molar-refractivity contribution in [2.45, 2.75) is 19.4 Å². The lowest BCUT2D eigenvalue weighted by molar-refractivity contribution is -0.147. The van der Waals surface area contributed by atoms with Gasteiger partial charge >= 0.3 is 5.97 Å². The standard InChI is InChI=1S/C16H21NO4S/c1-3-21-16(19)15(13-10-22-9-8-14(13)18)17-11-4-6-12(20-2)7-5-11/h4-7,13,15,17H,3,8-10H2,1-2H3/t13-,15-/m0/s1. The van der Waals surface area contributed by atoms with Crippen molar-refractivity contribution in [2.24, 2.45) is 5.92 Å². The van der Waals surface area contributed by atoms with Gasteiger partial charge in [-0.3, -0.25) is 4.79 Å². The van der Waals surface area contributed by atoms with Gasteiger partial charge in [-0.05, 0) is 31.2 Å². The molecule has 0 aromatic heterocycles. The first-order valence-electron chi connectivity index (χ1n) is 7.33. The molecule has 0 unspecified atom stereocenters. The molecule has 1 N–H and O–H groups in total. The Morgan fingerprint density at radius 2 is 2.14 bits per heavy atom.